The van der Waals surface area contributed by atoms with Crippen molar-refractivity contribution in [1.29, 1.82) is 0 Å². The number of aromatic nitrogens is 1. The molecule has 2 nitrogen and oxygen atoms in total. The summed E-state index contributed by atoms with van der Waals surface area (Å²) in [7, 11) is 0. The minimum Gasteiger partial charge on any atom is -0.305 e. The molecule has 0 aliphatic carbocycles. The zero-order valence-corrected chi connectivity index (χ0v) is 9.24. The molecule has 0 fully saturated rings. The van der Waals surface area contributed by atoms with Gasteiger partial charge < -0.3 is 5.32 Å². The molecule has 0 radical (unpaired) electrons. The first-order chi connectivity index (χ1) is 6.84. The zero-order valence-electron chi connectivity index (χ0n) is 7.66. The fraction of sp³-hybridized carbons (Fsp3) is 0.300. The minimum absolute atomic E-state index is 0.608. The summed E-state index contributed by atoms with van der Waals surface area (Å²) in [5.41, 5.74) is 0. The summed E-state index contributed by atoms with van der Waals surface area (Å²) in [6, 6.07) is 3.66. The van der Waals surface area contributed by atoms with Gasteiger partial charge in [0.1, 0.15) is 5.03 Å². The Morgan fingerprint density at radius 3 is 3.21 bits per heavy atom. The number of pyridine rings is 1. The Labute approximate surface area is 93.5 Å². The van der Waals surface area contributed by atoms with Gasteiger partial charge in [0, 0.05) is 18.5 Å². The quantitative estimate of drug-likeness (QED) is 0.473. The fourth-order valence-corrected chi connectivity index (χ4v) is 1.92. The summed E-state index contributed by atoms with van der Waals surface area (Å²) in [6.07, 6.45) is 6.83. The third-order valence-electron chi connectivity index (χ3n) is 1.47. The van der Waals surface area contributed by atoms with Gasteiger partial charge in [-0.1, -0.05) is 17.5 Å². The molecule has 0 bridgehead atoms. The lowest BCUT2D eigenvalue weighted by molar-refractivity contribution is 0.817. The summed E-state index contributed by atoms with van der Waals surface area (Å²) in [5.74, 6) is 3.43. The third kappa shape index (κ3) is 4.01. The molecule has 0 atom stereocenters. The second-order valence-corrected chi connectivity index (χ2v) is 4.01. The van der Waals surface area contributed by atoms with Gasteiger partial charge in [-0.25, -0.2) is 4.98 Å². The second-order valence-electron chi connectivity index (χ2n) is 2.52. The van der Waals surface area contributed by atoms with Gasteiger partial charge in [-0.05, 0) is 12.1 Å². The molecule has 0 aliphatic rings. The number of halogens is 1. The van der Waals surface area contributed by atoms with Crippen molar-refractivity contribution < 1.29 is 0 Å². The number of nitrogens with zero attached hydrogens (tertiary/aromatic N) is 1. The summed E-state index contributed by atoms with van der Waals surface area (Å²) in [4.78, 5) is 4.16. The van der Waals surface area contributed by atoms with Gasteiger partial charge >= 0.3 is 0 Å². The van der Waals surface area contributed by atoms with Gasteiger partial charge in [-0.2, -0.15) is 0 Å². The Morgan fingerprint density at radius 1 is 1.64 bits per heavy atom. The molecule has 1 aromatic heterocycles. The Kier molecular flexibility index (Phi) is 5.46. The molecule has 0 unspecified atom stereocenters. The van der Waals surface area contributed by atoms with Crippen molar-refractivity contribution in [2.24, 2.45) is 0 Å². The van der Waals surface area contributed by atoms with Gasteiger partial charge in [0.2, 0.25) is 0 Å². The van der Waals surface area contributed by atoms with Gasteiger partial charge in [-0.15, -0.1) is 18.2 Å². The number of hydrogen-bond acceptors (Lipinski definition) is 3. The topological polar surface area (TPSA) is 24.9 Å². The maximum atomic E-state index is 5.93. The second kappa shape index (κ2) is 6.72. The van der Waals surface area contributed by atoms with E-state index in [1.807, 2.05) is 12.1 Å². The van der Waals surface area contributed by atoms with Crippen LogP contribution in [0.2, 0.25) is 5.02 Å². The largest absolute Gasteiger partial charge is 0.305 e. The average Bonchev–Trinajstić information content (AvgIpc) is 2.20. The maximum absolute atomic E-state index is 5.93. The molecule has 0 aliphatic heterocycles. The zero-order chi connectivity index (χ0) is 10.2. The van der Waals surface area contributed by atoms with Crippen molar-refractivity contribution in [3.05, 3.63) is 23.4 Å². The first kappa shape index (κ1) is 11.4. The van der Waals surface area contributed by atoms with Crippen molar-refractivity contribution in [2.75, 3.05) is 18.8 Å². The van der Waals surface area contributed by atoms with Crippen LogP contribution in [0.15, 0.2) is 23.4 Å². The molecule has 1 N–H and O–H groups in total. The van der Waals surface area contributed by atoms with Crippen LogP contribution in [0.25, 0.3) is 0 Å². The lowest BCUT2D eigenvalue weighted by Gasteiger charge is -2.02. The van der Waals surface area contributed by atoms with Crippen molar-refractivity contribution in [2.45, 2.75) is 5.03 Å². The van der Waals surface area contributed by atoms with Crippen LogP contribution in [0.3, 0.4) is 0 Å². The molecule has 0 saturated carbocycles. The predicted octanol–water partition coefficient (Wildman–Crippen LogP) is 2.05. The number of nitrogens with one attached hydrogen (secondary N) is 1. The van der Waals surface area contributed by atoms with Crippen LogP contribution in [0.5, 0.6) is 0 Å². The molecule has 74 valence electrons. The van der Waals surface area contributed by atoms with Gasteiger partial charge in [-0.3, -0.25) is 0 Å². The third-order valence-corrected chi connectivity index (χ3v) is 2.89. The van der Waals surface area contributed by atoms with Gasteiger partial charge in [0.15, 0.2) is 0 Å². The van der Waals surface area contributed by atoms with Crippen LogP contribution >= 0.6 is 23.4 Å². The molecule has 1 rings (SSSR count). The van der Waals surface area contributed by atoms with E-state index in [1.54, 1.807) is 18.0 Å². The van der Waals surface area contributed by atoms with E-state index in [9.17, 15) is 0 Å². The Hall–Kier alpha value is -0.690. The molecule has 0 spiro atoms. The van der Waals surface area contributed by atoms with E-state index in [1.165, 1.54) is 0 Å². The van der Waals surface area contributed by atoms with Crippen LogP contribution in [0.4, 0.5) is 0 Å². The number of thioether (sulfide) groups is 1. The smallest absolute Gasteiger partial charge is 0.115 e. The van der Waals surface area contributed by atoms with E-state index < -0.39 is 0 Å². The van der Waals surface area contributed by atoms with Crippen LogP contribution in [-0.2, 0) is 0 Å². The molecule has 0 aromatic carbocycles. The number of terminal acetylenes is 1. The van der Waals surface area contributed by atoms with Crippen LogP contribution in [0, 0.1) is 12.3 Å². The van der Waals surface area contributed by atoms with Crippen molar-refractivity contribution in [3.8, 4) is 12.3 Å². The molecule has 1 heterocycles. The molecular formula is C10H11ClN2S. The molecule has 1 aromatic rings. The Morgan fingerprint density at radius 2 is 2.50 bits per heavy atom. The standard InChI is InChI=1S/C10H11ClN2S/c1-2-5-12-7-8-14-10-9(11)4-3-6-13-10/h1,3-4,6,12H,5,7-8H2. The SMILES string of the molecule is C#CCNCCSc1ncccc1Cl. The van der Waals surface area contributed by atoms with Crippen LogP contribution < -0.4 is 5.32 Å². The monoisotopic (exact) mass is 226 g/mol. The summed E-state index contributed by atoms with van der Waals surface area (Å²) in [6.45, 7) is 1.47. The van der Waals surface area contributed by atoms with E-state index in [0.717, 1.165) is 17.3 Å². The number of rotatable bonds is 5. The Bertz CT molecular complexity index is 322. The molecule has 4 heteroatoms. The average molecular weight is 227 g/mol. The fourth-order valence-electron chi connectivity index (χ4n) is 0.858. The maximum Gasteiger partial charge on any atom is 0.115 e. The highest BCUT2D eigenvalue weighted by Gasteiger charge is 1.99. The Balaban J connectivity index is 2.25. The first-order valence-corrected chi connectivity index (χ1v) is 5.58. The highest BCUT2D eigenvalue weighted by atomic mass is 35.5. The lowest BCUT2D eigenvalue weighted by atomic mass is 10.5. The van der Waals surface area contributed by atoms with Crippen LogP contribution in [0.1, 0.15) is 0 Å². The first-order valence-electron chi connectivity index (χ1n) is 4.22. The van der Waals surface area contributed by atoms with E-state index in [2.05, 4.69) is 16.2 Å². The molecule has 0 amide bonds. The highest BCUT2D eigenvalue weighted by molar-refractivity contribution is 7.99. The number of hydrogen-bond donors (Lipinski definition) is 1. The normalized spacial score (nSPS) is 9.71. The molecule has 0 saturated heterocycles. The van der Waals surface area contributed by atoms with E-state index in [0.29, 0.717) is 11.6 Å². The molecular weight excluding hydrogens is 216 g/mol. The summed E-state index contributed by atoms with van der Waals surface area (Å²) < 4.78 is 0. The van der Waals surface area contributed by atoms with Crippen molar-refractivity contribution >= 4 is 23.4 Å². The van der Waals surface area contributed by atoms with E-state index in [4.69, 9.17) is 18.0 Å². The van der Waals surface area contributed by atoms with E-state index >= 15 is 0 Å². The molecule has 14 heavy (non-hydrogen) atoms. The summed E-state index contributed by atoms with van der Waals surface area (Å²) >= 11 is 7.55. The lowest BCUT2D eigenvalue weighted by Crippen LogP contribution is -2.16. The van der Waals surface area contributed by atoms with E-state index in [-0.39, 0.29) is 0 Å². The van der Waals surface area contributed by atoms with Gasteiger partial charge in [0.05, 0.1) is 11.6 Å². The summed E-state index contributed by atoms with van der Waals surface area (Å²) in [5, 5.41) is 4.67. The van der Waals surface area contributed by atoms with Crippen LogP contribution in [-0.4, -0.2) is 23.8 Å². The predicted molar refractivity (Wildman–Crippen MR) is 61.7 cm³/mol. The highest BCUT2D eigenvalue weighted by Crippen LogP contribution is 2.23. The van der Waals surface area contributed by atoms with Crippen molar-refractivity contribution in [3.63, 3.8) is 0 Å². The minimum atomic E-state index is 0.608. The van der Waals surface area contributed by atoms with Gasteiger partial charge in [0.25, 0.3) is 0 Å². The van der Waals surface area contributed by atoms with Crippen molar-refractivity contribution in [1.82, 2.24) is 10.3 Å².